The summed E-state index contributed by atoms with van der Waals surface area (Å²) < 4.78 is 8.12. The summed E-state index contributed by atoms with van der Waals surface area (Å²) >= 11 is 1.49. The van der Waals surface area contributed by atoms with Crippen molar-refractivity contribution in [3.63, 3.8) is 0 Å². The molecule has 148 valence electrons. The number of carbonyl (C=O) groups is 1. The van der Waals surface area contributed by atoms with E-state index < -0.39 is 0 Å². The van der Waals surface area contributed by atoms with Crippen molar-refractivity contribution in [3.8, 4) is 5.75 Å². The highest BCUT2D eigenvalue weighted by molar-refractivity contribution is 7.22. The maximum Gasteiger partial charge on any atom is 0.260 e. The van der Waals surface area contributed by atoms with Gasteiger partial charge in [-0.2, -0.15) is 5.10 Å². The summed E-state index contributed by atoms with van der Waals surface area (Å²) in [5.74, 6) is 0.720. The molecule has 1 amide bonds. The second kappa shape index (κ2) is 8.05. The Bertz CT molecular complexity index is 1150. The van der Waals surface area contributed by atoms with E-state index in [9.17, 15) is 4.79 Å². The second-order valence-electron chi connectivity index (χ2n) is 6.87. The fourth-order valence-electron chi connectivity index (χ4n) is 3.25. The van der Waals surface area contributed by atoms with Crippen molar-refractivity contribution in [2.45, 2.75) is 20.4 Å². The molecule has 6 nitrogen and oxygen atoms in total. The summed E-state index contributed by atoms with van der Waals surface area (Å²) in [4.78, 5) is 19.9. The van der Waals surface area contributed by atoms with Crippen molar-refractivity contribution in [2.75, 3.05) is 18.6 Å². The van der Waals surface area contributed by atoms with Crippen LogP contribution in [0.3, 0.4) is 0 Å². The summed E-state index contributed by atoms with van der Waals surface area (Å²) in [7, 11) is 1.64. The number of amides is 1. The summed E-state index contributed by atoms with van der Waals surface area (Å²) in [5.41, 5.74) is 3.63. The Hall–Kier alpha value is -3.19. The molecule has 0 N–H and O–H groups in total. The van der Waals surface area contributed by atoms with Crippen LogP contribution in [0.5, 0.6) is 5.75 Å². The van der Waals surface area contributed by atoms with Gasteiger partial charge in [0.25, 0.3) is 5.91 Å². The molecule has 0 aliphatic carbocycles. The third-order valence-corrected chi connectivity index (χ3v) is 5.83. The van der Waals surface area contributed by atoms with Crippen LogP contribution in [0.15, 0.2) is 54.9 Å². The number of benzene rings is 2. The predicted octanol–water partition coefficient (Wildman–Crippen LogP) is 4.47. The van der Waals surface area contributed by atoms with E-state index >= 15 is 0 Å². The molecule has 0 bridgehead atoms. The van der Waals surface area contributed by atoms with Crippen molar-refractivity contribution in [2.24, 2.45) is 0 Å². The highest BCUT2D eigenvalue weighted by Gasteiger charge is 2.23. The number of ether oxygens (including phenoxy) is 1. The Labute approximate surface area is 173 Å². The van der Waals surface area contributed by atoms with Gasteiger partial charge in [0.1, 0.15) is 5.75 Å². The van der Waals surface area contributed by atoms with Gasteiger partial charge in [-0.25, -0.2) is 4.98 Å². The summed E-state index contributed by atoms with van der Waals surface area (Å²) in [5, 5.41) is 4.93. The normalized spacial score (nSPS) is 11.0. The molecule has 4 rings (SSSR count). The lowest BCUT2D eigenvalue weighted by Crippen LogP contribution is -2.34. The third-order valence-electron chi connectivity index (χ3n) is 4.78. The number of nitrogens with zero attached hydrogens (tertiary/aromatic N) is 4. The predicted molar refractivity (Wildman–Crippen MR) is 116 cm³/mol. The van der Waals surface area contributed by atoms with Crippen LogP contribution in [-0.4, -0.2) is 34.3 Å². The second-order valence-corrected chi connectivity index (χ2v) is 7.88. The molecule has 2 aromatic heterocycles. The lowest BCUT2D eigenvalue weighted by molar-refractivity contribution is 0.0985. The molecule has 29 heavy (non-hydrogen) atoms. The van der Waals surface area contributed by atoms with Crippen LogP contribution in [-0.2, 0) is 6.54 Å². The van der Waals surface area contributed by atoms with Crippen LogP contribution < -0.4 is 9.64 Å². The Morgan fingerprint density at radius 1 is 1.21 bits per heavy atom. The van der Waals surface area contributed by atoms with Crippen molar-refractivity contribution < 1.29 is 9.53 Å². The molecule has 0 atom stereocenters. The number of hydrogen-bond donors (Lipinski definition) is 0. The van der Waals surface area contributed by atoms with Crippen molar-refractivity contribution in [3.05, 3.63) is 71.5 Å². The lowest BCUT2D eigenvalue weighted by atomic mass is 10.0. The molecular weight excluding hydrogens is 384 g/mol. The first-order valence-electron chi connectivity index (χ1n) is 9.36. The quantitative estimate of drug-likeness (QED) is 0.474. The van der Waals surface area contributed by atoms with E-state index in [2.05, 4.69) is 5.10 Å². The average molecular weight is 407 g/mol. The van der Waals surface area contributed by atoms with Crippen LogP contribution in [0.4, 0.5) is 5.13 Å². The molecule has 0 radical (unpaired) electrons. The Kier molecular flexibility index (Phi) is 5.31. The standard InChI is InChI=1S/C22H22N4O2S/c1-15-5-7-18(16(2)13-15)21(27)26(12-11-25-10-4-9-23-25)22-24-19-8-6-17(28-3)14-20(19)29-22/h4-10,13-14H,11-12H2,1-3H3. The van der Waals surface area contributed by atoms with Crippen molar-refractivity contribution in [1.29, 1.82) is 0 Å². The highest BCUT2D eigenvalue weighted by atomic mass is 32.1. The first-order chi connectivity index (χ1) is 14.0. The number of hydrogen-bond acceptors (Lipinski definition) is 5. The Morgan fingerprint density at radius 2 is 2.07 bits per heavy atom. The summed E-state index contributed by atoms with van der Waals surface area (Å²) in [6, 6.07) is 13.5. The zero-order chi connectivity index (χ0) is 20.4. The van der Waals surface area contributed by atoms with Gasteiger partial charge in [-0.05, 0) is 49.7 Å². The van der Waals surface area contributed by atoms with E-state index in [0.717, 1.165) is 27.1 Å². The number of methoxy groups -OCH3 is 1. The van der Waals surface area contributed by atoms with Crippen molar-refractivity contribution >= 4 is 32.6 Å². The zero-order valence-electron chi connectivity index (χ0n) is 16.6. The molecule has 2 aromatic carbocycles. The number of aromatic nitrogens is 3. The topological polar surface area (TPSA) is 60.2 Å². The highest BCUT2D eigenvalue weighted by Crippen LogP contribution is 2.32. The molecular formula is C22H22N4O2S. The van der Waals surface area contributed by atoms with E-state index in [1.165, 1.54) is 11.3 Å². The maximum absolute atomic E-state index is 13.5. The molecule has 0 saturated carbocycles. The van der Waals surface area contributed by atoms with Crippen LogP contribution in [0.2, 0.25) is 0 Å². The van der Waals surface area contributed by atoms with Crippen molar-refractivity contribution in [1.82, 2.24) is 14.8 Å². The molecule has 0 aliphatic heterocycles. The van der Waals surface area contributed by atoms with Gasteiger partial charge in [-0.3, -0.25) is 14.4 Å². The Balaban J connectivity index is 1.72. The molecule has 0 aliphatic rings. The van der Waals surface area contributed by atoms with Gasteiger partial charge in [0, 0.05) is 24.5 Å². The largest absolute Gasteiger partial charge is 0.497 e. The average Bonchev–Trinajstić information content (AvgIpc) is 3.37. The fraction of sp³-hybridized carbons (Fsp3) is 0.227. The number of aryl methyl sites for hydroxylation is 2. The van der Waals surface area contributed by atoms with E-state index in [1.54, 1.807) is 18.2 Å². The fourth-order valence-corrected chi connectivity index (χ4v) is 4.27. The van der Waals surface area contributed by atoms with Crippen LogP contribution in [0.25, 0.3) is 10.2 Å². The van der Waals surface area contributed by atoms with E-state index in [-0.39, 0.29) is 5.91 Å². The monoisotopic (exact) mass is 406 g/mol. The van der Waals surface area contributed by atoms with Crippen LogP contribution in [0, 0.1) is 13.8 Å². The molecule has 7 heteroatoms. The number of fused-ring (bicyclic) bond motifs is 1. The van der Waals surface area contributed by atoms with E-state index in [4.69, 9.17) is 9.72 Å². The minimum atomic E-state index is -0.0549. The van der Waals surface area contributed by atoms with E-state index in [1.807, 2.05) is 67.2 Å². The number of rotatable bonds is 6. The molecule has 0 spiro atoms. The molecule has 0 fully saturated rings. The molecule has 0 saturated heterocycles. The summed E-state index contributed by atoms with van der Waals surface area (Å²) in [6.45, 7) is 5.06. The van der Waals surface area contributed by atoms with Gasteiger partial charge < -0.3 is 4.74 Å². The lowest BCUT2D eigenvalue weighted by Gasteiger charge is -2.21. The first kappa shape index (κ1) is 19.1. The Morgan fingerprint density at radius 3 is 2.79 bits per heavy atom. The SMILES string of the molecule is COc1ccc2nc(N(CCn3cccn3)C(=O)c3ccc(C)cc3C)sc2c1. The van der Waals surface area contributed by atoms with Crippen LogP contribution >= 0.6 is 11.3 Å². The molecule has 4 aromatic rings. The zero-order valence-corrected chi connectivity index (χ0v) is 17.4. The third kappa shape index (κ3) is 4.00. The van der Waals surface area contributed by atoms with Gasteiger partial charge in [-0.1, -0.05) is 29.0 Å². The molecule has 2 heterocycles. The van der Waals surface area contributed by atoms with Gasteiger partial charge in [0.15, 0.2) is 5.13 Å². The number of carbonyl (C=O) groups excluding carboxylic acids is 1. The minimum Gasteiger partial charge on any atom is -0.497 e. The smallest absolute Gasteiger partial charge is 0.260 e. The summed E-state index contributed by atoms with van der Waals surface area (Å²) in [6.07, 6.45) is 3.63. The van der Waals surface area contributed by atoms with E-state index in [0.29, 0.717) is 23.8 Å². The van der Waals surface area contributed by atoms with Gasteiger partial charge in [0.05, 0.1) is 23.9 Å². The number of anilines is 1. The number of thiazole rings is 1. The van der Waals surface area contributed by atoms with Gasteiger partial charge >= 0.3 is 0 Å². The maximum atomic E-state index is 13.5. The van der Waals surface area contributed by atoms with Crippen LogP contribution in [0.1, 0.15) is 21.5 Å². The van der Waals surface area contributed by atoms with Gasteiger partial charge in [0.2, 0.25) is 0 Å². The van der Waals surface area contributed by atoms with Gasteiger partial charge in [-0.15, -0.1) is 0 Å². The molecule has 0 unspecified atom stereocenters. The first-order valence-corrected chi connectivity index (χ1v) is 10.2. The minimum absolute atomic E-state index is 0.0549.